The van der Waals surface area contributed by atoms with Crippen LogP contribution >= 0.6 is 0 Å². The zero-order valence-corrected chi connectivity index (χ0v) is 17.7. The van der Waals surface area contributed by atoms with Gasteiger partial charge in [0.2, 0.25) is 0 Å². The average molecular weight is 397 g/mol. The van der Waals surface area contributed by atoms with E-state index in [1.54, 1.807) is 52.0 Å². The maximum atomic E-state index is 12.7. The third-order valence-corrected chi connectivity index (χ3v) is 4.29. The summed E-state index contributed by atoms with van der Waals surface area (Å²) in [5.41, 5.74) is 2.31. The van der Waals surface area contributed by atoms with Crippen LogP contribution in [0.4, 0.5) is 10.5 Å². The molecule has 0 spiro atoms. The minimum absolute atomic E-state index is 0.0108. The smallest absolute Gasteiger partial charge is 0.415 e. The highest BCUT2D eigenvalue weighted by atomic mass is 16.6. The van der Waals surface area contributed by atoms with Crippen LogP contribution in [0.1, 0.15) is 45.0 Å². The van der Waals surface area contributed by atoms with E-state index in [1.807, 2.05) is 24.3 Å². The van der Waals surface area contributed by atoms with Gasteiger partial charge in [-0.15, -0.1) is 0 Å². The molecule has 0 aliphatic carbocycles. The van der Waals surface area contributed by atoms with Crippen molar-refractivity contribution in [3.8, 4) is 11.1 Å². The Bertz CT molecular complexity index is 879. The first-order valence-corrected chi connectivity index (χ1v) is 9.35. The van der Waals surface area contributed by atoms with Gasteiger partial charge in [0.05, 0.1) is 7.11 Å². The van der Waals surface area contributed by atoms with E-state index in [2.05, 4.69) is 0 Å². The van der Waals surface area contributed by atoms with Crippen LogP contribution in [0.25, 0.3) is 11.1 Å². The second-order valence-electron chi connectivity index (χ2n) is 7.73. The third kappa shape index (κ3) is 5.67. The molecule has 0 aliphatic rings. The highest BCUT2D eigenvalue weighted by Gasteiger charge is 2.31. The lowest BCUT2D eigenvalue weighted by Crippen LogP contribution is -2.46. The number of ketones is 1. The van der Waals surface area contributed by atoms with Crippen molar-refractivity contribution in [3.63, 3.8) is 0 Å². The van der Waals surface area contributed by atoms with Gasteiger partial charge >= 0.3 is 12.1 Å². The molecule has 0 aromatic heterocycles. The van der Waals surface area contributed by atoms with Gasteiger partial charge in [-0.05, 0) is 57.9 Å². The van der Waals surface area contributed by atoms with Crippen LogP contribution in [-0.4, -0.2) is 36.6 Å². The van der Waals surface area contributed by atoms with E-state index in [-0.39, 0.29) is 5.78 Å². The third-order valence-electron chi connectivity index (χ3n) is 4.29. The summed E-state index contributed by atoms with van der Waals surface area (Å²) in [7, 11) is 1.28. The van der Waals surface area contributed by atoms with Crippen molar-refractivity contribution < 1.29 is 23.9 Å². The van der Waals surface area contributed by atoms with Gasteiger partial charge in [0.15, 0.2) is 5.78 Å². The molecule has 154 valence electrons. The van der Waals surface area contributed by atoms with Crippen molar-refractivity contribution in [2.75, 3.05) is 12.0 Å². The lowest BCUT2D eigenvalue weighted by Gasteiger charge is -2.30. The van der Waals surface area contributed by atoms with Crippen LogP contribution in [0, 0.1) is 0 Å². The van der Waals surface area contributed by atoms with E-state index in [1.165, 1.54) is 18.9 Å². The molecule has 0 heterocycles. The van der Waals surface area contributed by atoms with Gasteiger partial charge in [-0.1, -0.05) is 36.4 Å². The number of amides is 1. The SMILES string of the molecule is COC(=O)[C@H](C)N(C(=O)OC(C)(C)C)c1ccc(-c2ccc(C(C)=O)cc2)cc1. The number of ether oxygens (including phenoxy) is 2. The molecule has 0 aliphatic heterocycles. The van der Waals surface area contributed by atoms with Crippen molar-refractivity contribution in [1.29, 1.82) is 0 Å². The van der Waals surface area contributed by atoms with Crippen LogP contribution in [0.5, 0.6) is 0 Å². The van der Waals surface area contributed by atoms with Crippen molar-refractivity contribution in [2.45, 2.75) is 46.3 Å². The molecule has 0 radical (unpaired) electrons. The second-order valence-corrected chi connectivity index (χ2v) is 7.73. The number of methoxy groups -OCH3 is 1. The summed E-state index contributed by atoms with van der Waals surface area (Å²) in [5.74, 6) is -0.531. The number of hydrogen-bond donors (Lipinski definition) is 0. The zero-order chi connectivity index (χ0) is 21.8. The average Bonchev–Trinajstić information content (AvgIpc) is 2.66. The molecule has 2 aromatic carbocycles. The van der Waals surface area contributed by atoms with Gasteiger partial charge in [-0.25, -0.2) is 9.59 Å². The lowest BCUT2D eigenvalue weighted by molar-refractivity contribution is -0.141. The fourth-order valence-corrected chi connectivity index (χ4v) is 2.79. The molecular formula is C23H27NO5. The first kappa shape index (κ1) is 22.1. The Balaban J connectivity index is 2.35. The maximum absolute atomic E-state index is 12.7. The van der Waals surface area contributed by atoms with Gasteiger partial charge in [-0.3, -0.25) is 9.69 Å². The molecule has 2 aromatic rings. The number of esters is 1. The largest absolute Gasteiger partial charge is 0.467 e. The number of nitrogens with zero attached hydrogens (tertiary/aromatic N) is 1. The monoisotopic (exact) mass is 397 g/mol. The molecule has 0 saturated heterocycles. The summed E-state index contributed by atoms with van der Waals surface area (Å²) in [6.07, 6.45) is -0.631. The van der Waals surface area contributed by atoms with Gasteiger partial charge in [0.1, 0.15) is 11.6 Å². The van der Waals surface area contributed by atoms with Gasteiger partial charge in [-0.2, -0.15) is 0 Å². The standard InChI is InChI=1S/C23H27NO5/c1-15(21(26)28-6)24(22(27)29-23(3,4)5)20-13-11-19(12-14-20)18-9-7-17(8-10-18)16(2)25/h7-15H,1-6H3/t15-/m0/s1. The first-order valence-electron chi connectivity index (χ1n) is 9.35. The summed E-state index contributed by atoms with van der Waals surface area (Å²) in [6.45, 7) is 8.40. The molecule has 6 heteroatoms. The molecule has 29 heavy (non-hydrogen) atoms. The van der Waals surface area contributed by atoms with Gasteiger partial charge in [0, 0.05) is 11.3 Å². The van der Waals surface area contributed by atoms with Crippen LogP contribution in [0.3, 0.4) is 0 Å². The molecule has 0 bridgehead atoms. The number of benzene rings is 2. The maximum Gasteiger partial charge on any atom is 0.415 e. The summed E-state index contributed by atoms with van der Waals surface area (Å²) in [6, 6.07) is 13.6. The van der Waals surface area contributed by atoms with E-state index < -0.39 is 23.7 Å². The Hall–Kier alpha value is -3.15. The van der Waals surface area contributed by atoms with Crippen LogP contribution in [-0.2, 0) is 14.3 Å². The van der Waals surface area contributed by atoms with Crippen LogP contribution in [0.2, 0.25) is 0 Å². The molecule has 0 saturated carbocycles. The quantitative estimate of drug-likeness (QED) is 0.532. The fraction of sp³-hybridized carbons (Fsp3) is 0.348. The van der Waals surface area contributed by atoms with E-state index in [0.717, 1.165) is 11.1 Å². The van der Waals surface area contributed by atoms with Crippen molar-refractivity contribution in [2.24, 2.45) is 0 Å². The highest BCUT2D eigenvalue weighted by molar-refractivity contribution is 5.96. The molecule has 6 nitrogen and oxygen atoms in total. The summed E-state index contributed by atoms with van der Waals surface area (Å²) >= 11 is 0. The van der Waals surface area contributed by atoms with Crippen molar-refractivity contribution in [3.05, 3.63) is 54.1 Å². The predicted molar refractivity (Wildman–Crippen MR) is 112 cm³/mol. The zero-order valence-electron chi connectivity index (χ0n) is 17.7. The lowest BCUT2D eigenvalue weighted by atomic mass is 10.0. The predicted octanol–water partition coefficient (Wildman–Crippen LogP) is 4.86. The van der Waals surface area contributed by atoms with Gasteiger partial charge in [0.25, 0.3) is 0 Å². The van der Waals surface area contributed by atoms with E-state index >= 15 is 0 Å². The van der Waals surface area contributed by atoms with Crippen LogP contribution in [0.15, 0.2) is 48.5 Å². The molecule has 0 fully saturated rings. The minimum Gasteiger partial charge on any atom is -0.467 e. The topological polar surface area (TPSA) is 72.9 Å². The second kappa shape index (κ2) is 8.90. The number of carbonyl (C=O) groups excluding carboxylic acids is 3. The summed E-state index contributed by atoms with van der Waals surface area (Å²) < 4.78 is 10.3. The van der Waals surface area contributed by atoms with Crippen LogP contribution < -0.4 is 4.90 Å². The molecule has 1 amide bonds. The Kier molecular flexibility index (Phi) is 6.80. The number of hydrogen-bond acceptors (Lipinski definition) is 5. The van der Waals surface area contributed by atoms with Crippen molar-refractivity contribution in [1.82, 2.24) is 0 Å². The Morgan fingerprint density at radius 1 is 0.897 bits per heavy atom. The first-order chi connectivity index (χ1) is 13.5. The van der Waals surface area contributed by atoms with Gasteiger partial charge < -0.3 is 9.47 Å². The molecule has 1 atom stereocenters. The van der Waals surface area contributed by atoms with E-state index in [0.29, 0.717) is 11.3 Å². The fourth-order valence-electron chi connectivity index (χ4n) is 2.79. The number of anilines is 1. The van der Waals surface area contributed by atoms with Crippen molar-refractivity contribution >= 4 is 23.5 Å². The Labute approximate surface area is 171 Å². The summed E-state index contributed by atoms with van der Waals surface area (Å²) in [5, 5.41) is 0. The number of Topliss-reactive ketones (excluding diaryl/α,β-unsaturated/α-hetero) is 1. The Morgan fingerprint density at radius 3 is 1.79 bits per heavy atom. The van der Waals surface area contributed by atoms with E-state index in [9.17, 15) is 14.4 Å². The van der Waals surface area contributed by atoms with E-state index in [4.69, 9.17) is 9.47 Å². The molecule has 0 N–H and O–H groups in total. The molecular weight excluding hydrogens is 370 g/mol. The number of rotatable bonds is 5. The molecule has 2 rings (SSSR count). The minimum atomic E-state index is -0.851. The normalized spacial score (nSPS) is 12.1. The Morgan fingerprint density at radius 2 is 1.38 bits per heavy atom. The number of carbonyl (C=O) groups is 3. The highest BCUT2D eigenvalue weighted by Crippen LogP contribution is 2.26. The molecule has 0 unspecified atom stereocenters. The summed E-state index contributed by atoms with van der Waals surface area (Å²) in [4.78, 5) is 37.5.